The number of ether oxygens (including phenoxy) is 1. The predicted molar refractivity (Wildman–Crippen MR) is 54.0 cm³/mol. The lowest BCUT2D eigenvalue weighted by Gasteiger charge is -2.03. The van der Waals surface area contributed by atoms with Crippen LogP contribution in [0.2, 0.25) is 0 Å². The van der Waals surface area contributed by atoms with Crippen molar-refractivity contribution in [2.75, 3.05) is 13.7 Å². The van der Waals surface area contributed by atoms with Crippen molar-refractivity contribution in [1.29, 1.82) is 0 Å². The van der Waals surface area contributed by atoms with E-state index in [-0.39, 0.29) is 11.8 Å². The molecule has 78 valence electrons. The maximum Gasteiger partial charge on any atom is 0.261 e. The molecule has 2 amide bonds. The lowest BCUT2D eigenvalue weighted by molar-refractivity contribution is 0.0693. The Morgan fingerprint density at radius 1 is 1.20 bits per heavy atom. The van der Waals surface area contributed by atoms with Gasteiger partial charge in [0.1, 0.15) is 5.75 Å². The van der Waals surface area contributed by atoms with Gasteiger partial charge in [0.2, 0.25) is 0 Å². The number of rotatable bonds is 2. The van der Waals surface area contributed by atoms with Crippen LogP contribution in [0, 0.1) is 0 Å². The highest BCUT2D eigenvalue weighted by Crippen LogP contribution is 2.25. The average Bonchev–Trinajstić information content (AvgIpc) is 2.45. The first-order chi connectivity index (χ1) is 7.15. The van der Waals surface area contributed by atoms with Crippen molar-refractivity contribution in [3.63, 3.8) is 0 Å². The molecule has 0 fully saturated rings. The molecule has 0 saturated heterocycles. The molecule has 0 aromatic heterocycles. The van der Waals surface area contributed by atoms with Gasteiger partial charge in [-0.05, 0) is 25.1 Å². The number of imide groups is 1. The van der Waals surface area contributed by atoms with Crippen molar-refractivity contribution in [1.82, 2.24) is 4.90 Å². The number of hydrogen-bond acceptors (Lipinski definition) is 3. The van der Waals surface area contributed by atoms with Gasteiger partial charge < -0.3 is 4.74 Å². The van der Waals surface area contributed by atoms with Crippen LogP contribution < -0.4 is 4.74 Å². The van der Waals surface area contributed by atoms with E-state index in [4.69, 9.17) is 4.74 Å². The predicted octanol–water partition coefficient (Wildman–Crippen LogP) is 1.31. The molecule has 1 aliphatic heterocycles. The highest BCUT2D eigenvalue weighted by Gasteiger charge is 2.32. The van der Waals surface area contributed by atoms with Crippen LogP contribution in [-0.4, -0.2) is 30.4 Å². The molecule has 1 heterocycles. The summed E-state index contributed by atoms with van der Waals surface area (Å²) in [5.41, 5.74) is 0.874. The van der Waals surface area contributed by atoms with Gasteiger partial charge in [-0.1, -0.05) is 0 Å². The van der Waals surface area contributed by atoms with E-state index >= 15 is 0 Å². The van der Waals surface area contributed by atoms with E-state index in [0.717, 1.165) is 4.90 Å². The molecule has 0 N–H and O–H groups in total. The summed E-state index contributed by atoms with van der Waals surface area (Å²) in [5.74, 6) is 0.0994. The molecule has 0 radical (unpaired) electrons. The Balaban J connectivity index is 2.47. The zero-order chi connectivity index (χ0) is 11.0. The molecule has 1 aromatic carbocycles. The zero-order valence-corrected chi connectivity index (χ0v) is 8.61. The molecule has 0 spiro atoms. The maximum absolute atomic E-state index is 11.6. The van der Waals surface area contributed by atoms with Crippen LogP contribution in [-0.2, 0) is 0 Å². The normalized spacial score (nSPS) is 14.4. The highest BCUT2D eigenvalue weighted by molar-refractivity contribution is 6.21. The van der Waals surface area contributed by atoms with E-state index in [1.165, 1.54) is 7.05 Å². The third kappa shape index (κ3) is 1.38. The number of nitrogens with zero attached hydrogens (tertiary/aromatic N) is 1. The first-order valence-electron chi connectivity index (χ1n) is 4.74. The summed E-state index contributed by atoms with van der Waals surface area (Å²) < 4.78 is 5.27. The van der Waals surface area contributed by atoms with E-state index < -0.39 is 0 Å². The molecular formula is C11H11NO3. The average molecular weight is 205 g/mol. The Labute approximate surface area is 87.4 Å². The second-order valence-corrected chi connectivity index (χ2v) is 3.31. The third-order valence-electron chi connectivity index (χ3n) is 2.37. The van der Waals surface area contributed by atoms with Gasteiger partial charge in [0.25, 0.3) is 11.8 Å². The minimum absolute atomic E-state index is 0.252. The molecule has 4 nitrogen and oxygen atoms in total. The summed E-state index contributed by atoms with van der Waals surface area (Å²) in [4.78, 5) is 24.3. The largest absolute Gasteiger partial charge is 0.494 e. The summed E-state index contributed by atoms with van der Waals surface area (Å²) in [6.07, 6.45) is 0. The molecular weight excluding hydrogens is 194 g/mol. The van der Waals surface area contributed by atoms with Gasteiger partial charge >= 0.3 is 0 Å². The molecule has 1 aliphatic rings. The van der Waals surface area contributed by atoms with Gasteiger partial charge in [-0.2, -0.15) is 0 Å². The maximum atomic E-state index is 11.6. The lowest BCUT2D eigenvalue weighted by atomic mass is 10.1. The Bertz CT molecular complexity index is 439. The standard InChI is InChI=1S/C11H11NO3/c1-3-15-7-4-5-8-9(6-7)11(14)12(2)10(8)13/h4-6H,3H2,1-2H3. The van der Waals surface area contributed by atoms with Crippen molar-refractivity contribution in [2.24, 2.45) is 0 Å². The third-order valence-corrected chi connectivity index (χ3v) is 2.37. The van der Waals surface area contributed by atoms with Crippen molar-refractivity contribution in [3.8, 4) is 5.75 Å². The molecule has 0 atom stereocenters. The van der Waals surface area contributed by atoms with Crippen LogP contribution in [0.25, 0.3) is 0 Å². The lowest BCUT2D eigenvalue weighted by Crippen LogP contribution is -2.24. The van der Waals surface area contributed by atoms with Gasteiger partial charge in [0, 0.05) is 7.05 Å². The Kier molecular flexibility index (Phi) is 2.19. The van der Waals surface area contributed by atoms with Crippen LogP contribution in [0.5, 0.6) is 5.75 Å². The summed E-state index contributed by atoms with van der Waals surface area (Å²) in [6, 6.07) is 4.94. The van der Waals surface area contributed by atoms with E-state index in [1.54, 1.807) is 18.2 Å². The van der Waals surface area contributed by atoms with Crippen LogP contribution in [0.1, 0.15) is 27.6 Å². The number of carbonyl (C=O) groups is 2. The van der Waals surface area contributed by atoms with Crippen molar-refractivity contribution >= 4 is 11.8 Å². The molecule has 1 aromatic rings. The van der Waals surface area contributed by atoms with Gasteiger partial charge in [0.15, 0.2) is 0 Å². The fourth-order valence-corrected chi connectivity index (χ4v) is 1.60. The summed E-state index contributed by atoms with van der Waals surface area (Å²) in [7, 11) is 1.48. The van der Waals surface area contributed by atoms with Gasteiger partial charge in [0.05, 0.1) is 17.7 Å². The Morgan fingerprint density at radius 2 is 1.87 bits per heavy atom. The van der Waals surface area contributed by atoms with Crippen LogP contribution in [0.4, 0.5) is 0 Å². The van der Waals surface area contributed by atoms with E-state index in [0.29, 0.717) is 23.5 Å². The second kappa shape index (κ2) is 3.38. The molecule has 15 heavy (non-hydrogen) atoms. The number of benzene rings is 1. The fraction of sp³-hybridized carbons (Fsp3) is 0.273. The number of amides is 2. The topological polar surface area (TPSA) is 46.6 Å². The Hall–Kier alpha value is -1.84. The minimum Gasteiger partial charge on any atom is -0.494 e. The number of fused-ring (bicyclic) bond motifs is 1. The fourth-order valence-electron chi connectivity index (χ4n) is 1.60. The van der Waals surface area contributed by atoms with Gasteiger partial charge in [-0.15, -0.1) is 0 Å². The highest BCUT2D eigenvalue weighted by atomic mass is 16.5. The van der Waals surface area contributed by atoms with Crippen molar-refractivity contribution in [2.45, 2.75) is 6.92 Å². The SMILES string of the molecule is CCOc1ccc2c(c1)C(=O)N(C)C2=O. The second-order valence-electron chi connectivity index (χ2n) is 3.31. The summed E-state index contributed by atoms with van der Waals surface area (Å²) >= 11 is 0. The molecule has 2 rings (SSSR count). The molecule has 0 bridgehead atoms. The first kappa shape index (κ1) is 9.71. The monoisotopic (exact) mass is 205 g/mol. The van der Waals surface area contributed by atoms with Gasteiger partial charge in [-0.25, -0.2) is 0 Å². The first-order valence-corrected chi connectivity index (χ1v) is 4.74. The van der Waals surface area contributed by atoms with Gasteiger partial charge in [-0.3, -0.25) is 14.5 Å². The Morgan fingerprint density at radius 3 is 2.53 bits per heavy atom. The molecule has 0 aliphatic carbocycles. The zero-order valence-electron chi connectivity index (χ0n) is 8.61. The van der Waals surface area contributed by atoms with Crippen LogP contribution in [0.15, 0.2) is 18.2 Å². The van der Waals surface area contributed by atoms with E-state index in [9.17, 15) is 9.59 Å². The molecule has 0 unspecified atom stereocenters. The molecule has 4 heteroatoms. The van der Waals surface area contributed by atoms with Crippen molar-refractivity contribution < 1.29 is 14.3 Å². The number of carbonyl (C=O) groups excluding carboxylic acids is 2. The van der Waals surface area contributed by atoms with Crippen molar-refractivity contribution in [3.05, 3.63) is 29.3 Å². The van der Waals surface area contributed by atoms with Crippen LogP contribution >= 0.6 is 0 Å². The van der Waals surface area contributed by atoms with Crippen LogP contribution in [0.3, 0.4) is 0 Å². The minimum atomic E-state index is -0.267. The molecule has 0 saturated carbocycles. The van der Waals surface area contributed by atoms with E-state index in [1.807, 2.05) is 6.92 Å². The quantitative estimate of drug-likeness (QED) is 0.684. The smallest absolute Gasteiger partial charge is 0.261 e. The summed E-state index contributed by atoms with van der Waals surface area (Å²) in [6.45, 7) is 2.41. The van der Waals surface area contributed by atoms with E-state index in [2.05, 4.69) is 0 Å². The summed E-state index contributed by atoms with van der Waals surface area (Å²) in [5, 5.41) is 0. The number of hydrogen-bond donors (Lipinski definition) is 0.